The van der Waals surface area contributed by atoms with Gasteiger partial charge in [-0.2, -0.15) is 4.39 Å². The molecule has 1 fully saturated rings. The van der Waals surface area contributed by atoms with Crippen molar-refractivity contribution in [3.63, 3.8) is 0 Å². The lowest BCUT2D eigenvalue weighted by atomic mass is 9.91. The van der Waals surface area contributed by atoms with Gasteiger partial charge < -0.3 is 15.0 Å². The fraction of sp³-hybridized carbons (Fsp3) is 0.650. The average Bonchev–Trinajstić information content (AvgIpc) is 2.65. The number of hydrogen-bond donors (Lipinski definition) is 1. The van der Waals surface area contributed by atoms with E-state index < -0.39 is 17.7 Å². The first-order chi connectivity index (χ1) is 12.6. The molecule has 1 aromatic carbocycles. The molecule has 1 unspecified atom stereocenters. The molecule has 144 valence electrons. The SMILES string of the molecule is CCCCC1CCN(CCCC2Oc3c(ccc(F)c3F)NC2=O)CC1. The van der Waals surface area contributed by atoms with Crippen LogP contribution in [0.3, 0.4) is 0 Å². The Labute approximate surface area is 153 Å². The molecule has 0 spiro atoms. The van der Waals surface area contributed by atoms with E-state index >= 15 is 0 Å². The van der Waals surface area contributed by atoms with Crippen molar-refractivity contribution in [1.82, 2.24) is 4.90 Å². The molecule has 1 saturated heterocycles. The minimum atomic E-state index is -1.04. The average molecular weight is 366 g/mol. The van der Waals surface area contributed by atoms with E-state index in [9.17, 15) is 13.6 Å². The topological polar surface area (TPSA) is 41.6 Å². The van der Waals surface area contributed by atoms with Gasteiger partial charge >= 0.3 is 0 Å². The third-order valence-electron chi connectivity index (χ3n) is 5.47. The number of carbonyl (C=O) groups is 1. The van der Waals surface area contributed by atoms with Crippen LogP contribution in [-0.2, 0) is 4.79 Å². The summed E-state index contributed by atoms with van der Waals surface area (Å²) in [6.07, 6.45) is 6.94. The van der Waals surface area contributed by atoms with Gasteiger partial charge in [0.15, 0.2) is 17.7 Å². The Hall–Kier alpha value is -1.69. The molecule has 0 aromatic heterocycles. The number of hydrogen-bond acceptors (Lipinski definition) is 3. The van der Waals surface area contributed by atoms with Gasteiger partial charge in [-0.1, -0.05) is 26.2 Å². The number of carbonyl (C=O) groups excluding carboxylic acids is 1. The van der Waals surface area contributed by atoms with Gasteiger partial charge in [-0.3, -0.25) is 4.79 Å². The Morgan fingerprint density at radius 3 is 2.69 bits per heavy atom. The molecule has 4 nitrogen and oxygen atoms in total. The smallest absolute Gasteiger partial charge is 0.265 e. The highest BCUT2D eigenvalue weighted by atomic mass is 19.2. The van der Waals surface area contributed by atoms with E-state index in [1.807, 2.05) is 0 Å². The highest BCUT2D eigenvalue weighted by Gasteiger charge is 2.30. The molecule has 26 heavy (non-hydrogen) atoms. The number of ether oxygens (including phenoxy) is 1. The van der Waals surface area contributed by atoms with E-state index in [-0.39, 0.29) is 17.3 Å². The van der Waals surface area contributed by atoms with E-state index in [0.717, 1.165) is 38.0 Å². The van der Waals surface area contributed by atoms with Crippen LogP contribution in [0, 0.1) is 17.6 Å². The largest absolute Gasteiger partial charge is 0.475 e. The van der Waals surface area contributed by atoms with Gasteiger partial charge in [0.05, 0.1) is 5.69 Å². The summed E-state index contributed by atoms with van der Waals surface area (Å²) < 4.78 is 32.7. The lowest BCUT2D eigenvalue weighted by Crippen LogP contribution is -2.39. The molecule has 0 bridgehead atoms. The van der Waals surface area contributed by atoms with Crippen LogP contribution in [0.25, 0.3) is 0 Å². The molecule has 1 atom stereocenters. The third kappa shape index (κ3) is 4.53. The fourth-order valence-corrected chi connectivity index (χ4v) is 3.84. The van der Waals surface area contributed by atoms with Crippen LogP contribution in [0.4, 0.5) is 14.5 Å². The first-order valence-corrected chi connectivity index (χ1v) is 9.76. The summed E-state index contributed by atoms with van der Waals surface area (Å²) in [5, 5.41) is 2.61. The number of fused-ring (bicyclic) bond motifs is 1. The summed E-state index contributed by atoms with van der Waals surface area (Å²) in [4.78, 5) is 14.5. The number of anilines is 1. The zero-order chi connectivity index (χ0) is 18.5. The number of amides is 1. The number of halogens is 2. The van der Waals surface area contributed by atoms with Crippen molar-refractivity contribution in [2.75, 3.05) is 25.0 Å². The summed E-state index contributed by atoms with van der Waals surface area (Å²) in [5.41, 5.74) is 0.194. The molecule has 0 aliphatic carbocycles. The van der Waals surface area contributed by atoms with Crippen LogP contribution in [-0.4, -0.2) is 36.5 Å². The Morgan fingerprint density at radius 2 is 1.96 bits per heavy atom. The van der Waals surface area contributed by atoms with Crippen molar-refractivity contribution in [3.05, 3.63) is 23.8 Å². The molecule has 2 aliphatic rings. The Kier molecular flexibility index (Phi) is 6.46. The summed E-state index contributed by atoms with van der Waals surface area (Å²) >= 11 is 0. The summed E-state index contributed by atoms with van der Waals surface area (Å²) in [5.74, 6) is -1.63. The molecule has 2 aliphatic heterocycles. The number of unbranched alkanes of at least 4 members (excludes halogenated alkanes) is 1. The Morgan fingerprint density at radius 1 is 1.19 bits per heavy atom. The number of benzene rings is 1. The summed E-state index contributed by atoms with van der Waals surface area (Å²) in [6.45, 7) is 5.35. The lowest BCUT2D eigenvalue weighted by molar-refractivity contribution is -0.124. The second-order valence-corrected chi connectivity index (χ2v) is 7.40. The second-order valence-electron chi connectivity index (χ2n) is 7.40. The van der Waals surface area contributed by atoms with Crippen LogP contribution >= 0.6 is 0 Å². The summed E-state index contributed by atoms with van der Waals surface area (Å²) in [7, 11) is 0. The first kappa shape index (κ1) is 19.1. The molecule has 1 amide bonds. The minimum absolute atomic E-state index is 0.189. The lowest BCUT2D eigenvalue weighted by Gasteiger charge is -2.32. The molecule has 0 radical (unpaired) electrons. The maximum Gasteiger partial charge on any atom is 0.265 e. The van der Waals surface area contributed by atoms with E-state index in [1.54, 1.807) is 0 Å². The number of likely N-dealkylation sites (tertiary alicyclic amines) is 1. The van der Waals surface area contributed by atoms with Gasteiger partial charge in [-0.15, -0.1) is 0 Å². The molecule has 3 rings (SSSR count). The van der Waals surface area contributed by atoms with E-state index in [4.69, 9.17) is 4.74 Å². The zero-order valence-electron chi connectivity index (χ0n) is 15.4. The molecular weight excluding hydrogens is 338 g/mol. The summed E-state index contributed by atoms with van der Waals surface area (Å²) in [6, 6.07) is 2.31. The monoisotopic (exact) mass is 366 g/mol. The number of rotatable bonds is 7. The maximum atomic E-state index is 13.9. The van der Waals surface area contributed by atoms with E-state index in [1.165, 1.54) is 38.2 Å². The van der Waals surface area contributed by atoms with E-state index in [0.29, 0.717) is 6.42 Å². The van der Waals surface area contributed by atoms with Crippen LogP contribution in [0.2, 0.25) is 0 Å². The van der Waals surface area contributed by atoms with Crippen LogP contribution in [0.1, 0.15) is 51.9 Å². The molecular formula is C20H28F2N2O2. The second kappa shape index (κ2) is 8.80. The van der Waals surface area contributed by atoms with Crippen molar-refractivity contribution in [1.29, 1.82) is 0 Å². The van der Waals surface area contributed by atoms with Crippen LogP contribution in [0.5, 0.6) is 5.75 Å². The quantitative estimate of drug-likeness (QED) is 0.780. The number of nitrogens with zero attached hydrogens (tertiary/aromatic N) is 1. The van der Waals surface area contributed by atoms with Gasteiger partial charge in [0, 0.05) is 0 Å². The highest BCUT2D eigenvalue weighted by molar-refractivity contribution is 5.97. The van der Waals surface area contributed by atoms with Gasteiger partial charge in [-0.05, 0) is 63.4 Å². The van der Waals surface area contributed by atoms with Gasteiger partial charge in [0.2, 0.25) is 5.82 Å². The van der Waals surface area contributed by atoms with Crippen LogP contribution < -0.4 is 10.1 Å². The van der Waals surface area contributed by atoms with Crippen molar-refractivity contribution < 1.29 is 18.3 Å². The zero-order valence-corrected chi connectivity index (χ0v) is 15.4. The number of nitrogens with one attached hydrogen (secondary N) is 1. The Balaban J connectivity index is 1.44. The van der Waals surface area contributed by atoms with Crippen LogP contribution in [0.15, 0.2) is 12.1 Å². The van der Waals surface area contributed by atoms with Gasteiger partial charge in [0.1, 0.15) is 0 Å². The third-order valence-corrected chi connectivity index (χ3v) is 5.47. The van der Waals surface area contributed by atoms with Crippen molar-refractivity contribution in [2.24, 2.45) is 5.92 Å². The molecule has 2 heterocycles. The normalized spacial score (nSPS) is 21.2. The van der Waals surface area contributed by atoms with Gasteiger partial charge in [0.25, 0.3) is 5.91 Å². The minimum Gasteiger partial charge on any atom is -0.475 e. The highest BCUT2D eigenvalue weighted by Crippen LogP contribution is 2.34. The van der Waals surface area contributed by atoms with Crippen molar-refractivity contribution in [3.8, 4) is 5.75 Å². The van der Waals surface area contributed by atoms with E-state index in [2.05, 4.69) is 17.1 Å². The number of piperidine rings is 1. The predicted octanol–water partition coefficient (Wildman–Crippen LogP) is 4.35. The molecule has 1 aromatic rings. The molecule has 0 saturated carbocycles. The predicted molar refractivity (Wildman–Crippen MR) is 97.3 cm³/mol. The maximum absolute atomic E-state index is 13.9. The van der Waals surface area contributed by atoms with Crippen molar-refractivity contribution >= 4 is 11.6 Å². The fourth-order valence-electron chi connectivity index (χ4n) is 3.84. The Bertz CT molecular complexity index is 630. The van der Waals surface area contributed by atoms with Gasteiger partial charge in [-0.25, -0.2) is 4.39 Å². The molecule has 6 heteroatoms. The molecule has 1 N–H and O–H groups in total. The standard InChI is InChI=1S/C20H28F2N2O2/c1-2-3-5-14-9-12-24(13-10-14)11-4-6-17-20(25)23-16-8-7-15(21)18(22)19(16)26-17/h7-8,14,17H,2-6,9-13H2,1H3,(H,23,25). The van der Waals surface area contributed by atoms with Crippen molar-refractivity contribution in [2.45, 2.75) is 58.0 Å². The first-order valence-electron chi connectivity index (χ1n) is 9.76.